The van der Waals surface area contributed by atoms with Gasteiger partial charge in [0, 0.05) is 6.54 Å². The molecule has 3 N–H and O–H groups in total. The first kappa shape index (κ1) is 21.5. The maximum atomic E-state index is 10.6. The zero-order chi connectivity index (χ0) is 17.6. The Morgan fingerprint density at radius 1 is 1.20 bits per heavy atom. The number of halogens is 1. The Balaban J connectivity index is 0.00000312. The van der Waals surface area contributed by atoms with Crippen molar-refractivity contribution < 1.29 is 9.52 Å². The second kappa shape index (κ2) is 9.82. The van der Waals surface area contributed by atoms with E-state index in [-0.39, 0.29) is 24.0 Å². The third kappa shape index (κ3) is 6.70. The average molecular weight is 457 g/mol. The summed E-state index contributed by atoms with van der Waals surface area (Å²) in [5.41, 5.74) is 1.27. The van der Waals surface area contributed by atoms with E-state index in [2.05, 4.69) is 40.7 Å². The first-order chi connectivity index (χ1) is 11.4. The molecule has 138 valence electrons. The van der Waals surface area contributed by atoms with Crippen molar-refractivity contribution in [3.05, 3.63) is 59.0 Å². The largest absolute Gasteiger partial charge is 0.463 e. The van der Waals surface area contributed by atoms with Crippen LogP contribution in [-0.2, 0) is 12.1 Å². The Kier molecular flexibility index (Phi) is 8.44. The van der Waals surface area contributed by atoms with E-state index in [9.17, 15) is 5.11 Å². The Bertz CT molecular complexity index is 695. The van der Waals surface area contributed by atoms with E-state index < -0.39 is 5.60 Å². The molecule has 0 radical (unpaired) electrons. The second-order valence-electron chi connectivity index (χ2n) is 6.22. The summed E-state index contributed by atoms with van der Waals surface area (Å²) in [4.78, 5) is 4.58. The molecule has 0 bridgehead atoms. The molecule has 25 heavy (non-hydrogen) atoms. The van der Waals surface area contributed by atoms with Crippen molar-refractivity contribution in [3.63, 3.8) is 0 Å². The lowest BCUT2D eigenvalue weighted by molar-refractivity contribution is 0.0378. The van der Waals surface area contributed by atoms with E-state index in [0.717, 1.165) is 17.9 Å². The van der Waals surface area contributed by atoms with Crippen molar-refractivity contribution >= 4 is 29.9 Å². The van der Waals surface area contributed by atoms with Gasteiger partial charge in [-0.05, 0) is 45.4 Å². The molecule has 0 saturated heterocycles. The SMILES string of the molecule is CCNC(=NCc1cccc(C)c1)NCC(C)(O)c1ccc(C)o1.I. The van der Waals surface area contributed by atoms with Gasteiger partial charge in [-0.2, -0.15) is 0 Å². The minimum absolute atomic E-state index is 0. The molecule has 1 heterocycles. The van der Waals surface area contributed by atoms with Crippen LogP contribution in [0.25, 0.3) is 0 Å². The number of hydrogen-bond donors (Lipinski definition) is 3. The van der Waals surface area contributed by atoms with Crippen molar-refractivity contribution in [3.8, 4) is 0 Å². The number of aryl methyl sites for hydroxylation is 2. The van der Waals surface area contributed by atoms with Crippen molar-refractivity contribution in [2.45, 2.75) is 39.8 Å². The first-order valence-electron chi connectivity index (χ1n) is 8.28. The number of nitrogens with zero attached hydrogens (tertiary/aromatic N) is 1. The minimum Gasteiger partial charge on any atom is -0.463 e. The molecule has 1 aromatic heterocycles. The van der Waals surface area contributed by atoms with E-state index in [1.807, 2.05) is 26.0 Å². The molecular formula is C19H28IN3O2. The number of aliphatic imine (C=N–C) groups is 1. The molecule has 0 aliphatic carbocycles. The lowest BCUT2D eigenvalue weighted by Crippen LogP contribution is -2.44. The maximum Gasteiger partial charge on any atom is 0.191 e. The van der Waals surface area contributed by atoms with Gasteiger partial charge >= 0.3 is 0 Å². The summed E-state index contributed by atoms with van der Waals surface area (Å²) in [5, 5.41) is 17.0. The maximum absolute atomic E-state index is 10.6. The molecule has 1 atom stereocenters. The Morgan fingerprint density at radius 3 is 2.56 bits per heavy atom. The fourth-order valence-corrected chi connectivity index (χ4v) is 2.39. The summed E-state index contributed by atoms with van der Waals surface area (Å²) in [5.74, 6) is 2.00. The molecule has 0 saturated carbocycles. The van der Waals surface area contributed by atoms with Gasteiger partial charge < -0.3 is 20.2 Å². The third-order valence-corrected chi connectivity index (χ3v) is 3.72. The minimum atomic E-state index is -1.10. The Labute approximate surface area is 167 Å². The van der Waals surface area contributed by atoms with Crippen LogP contribution in [0.3, 0.4) is 0 Å². The van der Waals surface area contributed by atoms with Crippen LogP contribution in [0, 0.1) is 13.8 Å². The quantitative estimate of drug-likeness (QED) is 0.353. The van der Waals surface area contributed by atoms with Crippen LogP contribution in [0.4, 0.5) is 0 Å². The van der Waals surface area contributed by atoms with Crippen molar-refractivity contribution in [1.29, 1.82) is 0 Å². The predicted molar refractivity (Wildman–Crippen MR) is 112 cm³/mol. The Hall–Kier alpha value is -1.54. The highest BCUT2D eigenvalue weighted by Gasteiger charge is 2.27. The summed E-state index contributed by atoms with van der Waals surface area (Å²) in [7, 11) is 0. The molecule has 0 spiro atoms. The standard InChI is InChI=1S/C19H27N3O2.HI/c1-5-20-18(21-12-16-8-6-7-14(2)11-16)22-13-19(4,23)17-10-9-15(3)24-17;/h6-11,23H,5,12-13H2,1-4H3,(H2,20,21,22);1H. The van der Waals surface area contributed by atoms with Gasteiger partial charge in [0.25, 0.3) is 0 Å². The average Bonchev–Trinajstić information content (AvgIpc) is 2.98. The molecule has 1 unspecified atom stereocenters. The van der Waals surface area contributed by atoms with Gasteiger partial charge in [0.1, 0.15) is 17.1 Å². The fourth-order valence-electron chi connectivity index (χ4n) is 2.39. The zero-order valence-electron chi connectivity index (χ0n) is 15.3. The lowest BCUT2D eigenvalue weighted by atomic mass is 10.0. The van der Waals surface area contributed by atoms with Crippen LogP contribution in [0.1, 0.15) is 36.5 Å². The molecule has 2 rings (SSSR count). The van der Waals surface area contributed by atoms with Crippen LogP contribution in [0.5, 0.6) is 0 Å². The Morgan fingerprint density at radius 2 is 1.96 bits per heavy atom. The summed E-state index contributed by atoms with van der Waals surface area (Å²) < 4.78 is 5.53. The normalized spacial score (nSPS) is 13.7. The molecule has 6 heteroatoms. The van der Waals surface area contributed by atoms with Crippen LogP contribution >= 0.6 is 24.0 Å². The molecule has 5 nitrogen and oxygen atoms in total. The molecule has 0 amide bonds. The number of benzene rings is 1. The highest BCUT2D eigenvalue weighted by molar-refractivity contribution is 14.0. The van der Waals surface area contributed by atoms with Gasteiger partial charge in [0.15, 0.2) is 5.96 Å². The summed E-state index contributed by atoms with van der Waals surface area (Å²) in [6.45, 7) is 9.31. The molecule has 0 aliphatic rings. The van der Waals surface area contributed by atoms with Crippen LogP contribution in [0.15, 0.2) is 45.8 Å². The number of aliphatic hydroxyl groups is 1. The highest BCUT2D eigenvalue weighted by Crippen LogP contribution is 2.21. The summed E-state index contributed by atoms with van der Waals surface area (Å²) >= 11 is 0. The van der Waals surface area contributed by atoms with E-state index >= 15 is 0 Å². The number of hydrogen-bond acceptors (Lipinski definition) is 3. The van der Waals surface area contributed by atoms with E-state index in [0.29, 0.717) is 24.8 Å². The zero-order valence-corrected chi connectivity index (χ0v) is 17.6. The second-order valence-corrected chi connectivity index (χ2v) is 6.22. The van der Waals surface area contributed by atoms with Gasteiger partial charge in [0.2, 0.25) is 0 Å². The van der Waals surface area contributed by atoms with Crippen LogP contribution in [0.2, 0.25) is 0 Å². The molecule has 0 aliphatic heterocycles. The van der Waals surface area contributed by atoms with E-state index in [1.54, 1.807) is 13.0 Å². The molecule has 1 aromatic carbocycles. The lowest BCUT2D eigenvalue weighted by Gasteiger charge is -2.22. The molecular weight excluding hydrogens is 429 g/mol. The fraction of sp³-hybridized carbons (Fsp3) is 0.421. The van der Waals surface area contributed by atoms with Crippen molar-refractivity contribution in [1.82, 2.24) is 10.6 Å². The number of furan rings is 1. The summed E-state index contributed by atoms with van der Waals surface area (Å²) in [6.07, 6.45) is 0. The smallest absolute Gasteiger partial charge is 0.191 e. The van der Waals surface area contributed by atoms with Gasteiger partial charge in [-0.25, -0.2) is 4.99 Å². The first-order valence-corrected chi connectivity index (χ1v) is 8.28. The number of guanidine groups is 1. The van der Waals surface area contributed by atoms with Gasteiger partial charge in [0.05, 0.1) is 13.1 Å². The van der Waals surface area contributed by atoms with Crippen LogP contribution < -0.4 is 10.6 Å². The van der Waals surface area contributed by atoms with Crippen LogP contribution in [-0.4, -0.2) is 24.2 Å². The predicted octanol–water partition coefficient (Wildman–Crippen LogP) is 3.48. The van der Waals surface area contributed by atoms with Gasteiger partial charge in [-0.1, -0.05) is 29.8 Å². The van der Waals surface area contributed by atoms with Gasteiger partial charge in [-0.15, -0.1) is 24.0 Å². The van der Waals surface area contributed by atoms with Crippen molar-refractivity contribution in [2.75, 3.05) is 13.1 Å². The summed E-state index contributed by atoms with van der Waals surface area (Å²) in [6, 6.07) is 11.9. The van der Waals surface area contributed by atoms with E-state index in [4.69, 9.17) is 4.42 Å². The van der Waals surface area contributed by atoms with E-state index in [1.165, 1.54) is 5.56 Å². The van der Waals surface area contributed by atoms with Gasteiger partial charge in [-0.3, -0.25) is 0 Å². The number of nitrogens with one attached hydrogen (secondary N) is 2. The topological polar surface area (TPSA) is 69.8 Å². The van der Waals surface area contributed by atoms with Crippen molar-refractivity contribution in [2.24, 2.45) is 4.99 Å². The number of rotatable bonds is 6. The molecule has 0 fully saturated rings. The highest BCUT2D eigenvalue weighted by atomic mass is 127. The third-order valence-electron chi connectivity index (χ3n) is 3.72. The monoisotopic (exact) mass is 457 g/mol. The molecule has 2 aromatic rings.